The van der Waals surface area contributed by atoms with Crippen molar-refractivity contribution >= 4 is 21.8 Å². The normalized spacial score (nSPS) is 29.6. The lowest BCUT2D eigenvalue weighted by Crippen LogP contribution is -2.47. The summed E-state index contributed by atoms with van der Waals surface area (Å²) in [6, 6.07) is 9.24. The van der Waals surface area contributed by atoms with E-state index in [1.807, 2.05) is 6.07 Å². The highest BCUT2D eigenvalue weighted by Gasteiger charge is 2.42. The maximum atomic E-state index is 12.6. The number of aryl methyl sites for hydroxylation is 1. The van der Waals surface area contributed by atoms with Gasteiger partial charge in [-0.15, -0.1) is 0 Å². The van der Waals surface area contributed by atoms with E-state index in [0.717, 1.165) is 18.4 Å². The molecule has 0 N–H and O–H groups in total. The molecule has 1 amide bonds. The minimum atomic E-state index is 0.317. The van der Waals surface area contributed by atoms with E-state index in [4.69, 9.17) is 0 Å². The molecule has 2 atom stereocenters. The van der Waals surface area contributed by atoms with Crippen molar-refractivity contribution in [2.45, 2.75) is 55.9 Å². The van der Waals surface area contributed by atoms with Gasteiger partial charge in [0.2, 0.25) is 5.91 Å². The Morgan fingerprint density at radius 2 is 2.00 bits per heavy atom. The van der Waals surface area contributed by atoms with E-state index in [2.05, 4.69) is 46.0 Å². The molecule has 102 valence electrons. The molecular formula is C16H20BrNO. The van der Waals surface area contributed by atoms with Crippen LogP contribution in [0.4, 0.5) is 0 Å². The average molecular weight is 322 g/mol. The zero-order valence-electron chi connectivity index (χ0n) is 11.3. The Morgan fingerprint density at radius 1 is 1.32 bits per heavy atom. The molecule has 2 heterocycles. The number of alkyl halides is 1. The fourth-order valence-electron chi connectivity index (χ4n) is 3.61. The number of halogens is 1. The Bertz CT molecular complexity index is 473. The van der Waals surface area contributed by atoms with Crippen molar-refractivity contribution < 1.29 is 4.79 Å². The number of amides is 1. The van der Waals surface area contributed by atoms with Crippen molar-refractivity contribution in [3.05, 3.63) is 35.4 Å². The van der Waals surface area contributed by atoms with E-state index in [0.29, 0.717) is 29.2 Å². The van der Waals surface area contributed by atoms with Crippen LogP contribution in [0.25, 0.3) is 0 Å². The first-order valence-electron chi connectivity index (χ1n) is 7.14. The molecule has 1 aromatic rings. The van der Waals surface area contributed by atoms with Crippen LogP contribution in [0.1, 0.15) is 36.8 Å². The molecule has 2 saturated heterocycles. The molecule has 2 aliphatic rings. The van der Waals surface area contributed by atoms with Gasteiger partial charge in [0.05, 0.1) is 6.42 Å². The highest BCUT2D eigenvalue weighted by Crippen LogP contribution is 2.38. The van der Waals surface area contributed by atoms with E-state index in [1.54, 1.807) is 0 Å². The van der Waals surface area contributed by atoms with Crippen LogP contribution in [-0.4, -0.2) is 27.7 Å². The summed E-state index contributed by atoms with van der Waals surface area (Å²) in [6.45, 7) is 2.08. The van der Waals surface area contributed by atoms with Crippen molar-refractivity contribution in [2.24, 2.45) is 0 Å². The number of nitrogens with zero attached hydrogens (tertiary/aromatic N) is 1. The number of rotatable bonds is 2. The number of carbonyl (C=O) groups excluding carboxylic acids is 1. The molecular weight excluding hydrogens is 302 g/mol. The number of benzene rings is 1. The summed E-state index contributed by atoms with van der Waals surface area (Å²) in [5.74, 6) is 0.317. The minimum absolute atomic E-state index is 0.317. The molecule has 2 fully saturated rings. The minimum Gasteiger partial charge on any atom is -0.336 e. The van der Waals surface area contributed by atoms with Gasteiger partial charge in [0.1, 0.15) is 0 Å². The Balaban J connectivity index is 1.71. The van der Waals surface area contributed by atoms with Gasteiger partial charge < -0.3 is 4.90 Å². The monoisotopic (exact) mass is 321 g/mol. The zero-order chi connectivity index (χ0) is 13.4. The molecule has 3 heteroatoms. The standard InChI is InChI=1S/C16H20BrNO/c1-11-3-2-4-12(7-11)8-16(19)18-14-5-6-15(18)10-13(17)9-14/h2-4,7,13-15H,5-6,8-10H2,1H3. The maximum absolute atomic E-state index is 12.6. The fourth-order valence-corrected chi connectivity index (χ4v) is 4.47. The van der Waals surface area contributed by atoms with Gasteiger partial charge in [-0.05, 0) is 38.2 Å². The Hall–Kier alpha value is -0.830. The third-order valence-electron chi connectivity index (χ3n) is 4.40. The Labute approximate surface area is 123 Å². The molecule has 2 nitrogen and oxygen atoms in total. The lowest BCUT2D eigenvalue weighted by atomic mass is 10.0. The number of piperidine rings is 1. The first kappa shape index (κ1) is 13.2. The van der Waals surface area contributed by atoms with Crippen molar-refractivity contribution in [1.82, 2.24) is 4.90 Å². The van der Waals surface area contributed by atoms with Crippen molar-refractivity contribution in [3.8, 4) is 0 Å². The highest BCUT2D eigenvalue weighted by atomic mass is 79.9. The van der Waals surface area contributed by atoms with Gasteiger partial charge in [0.15, 0.2) is 0 Å². The molecule has 2 unspecified atom stereocenters. The molecule has 2 bridgehead atoms. The number of fused-ring (bicyclic) bond motifs is 2. The van der Waals surface area contributed by atoms with Crippen molar-refractivity contribution in [3.63, 3.8) is 0 Å². The zero-order valence-corrected chi connectivity index (χ0v) is 12.9. The quantitative estimate of drug-likeness (QED) is 0.764. The second kappa shape index (κ2) is 5.28. The van der Waals surface area contributed by atoms with Crippen LogP contribution < -0.4 is 0 Å². The van der Waals surface area contributed by atoms with E-state index in [1.165, 1.54) is 18.4 Å². The summed E-state index contributed by atoms with van der Waals surface area (Å²) < 4.78 is 0. The van der Waals surface area contributed by atoms with Crippen LogP contribution in [0.2, 0.25) is 0 Å². The molecule has 0 radical (unpaired) electrons. The van der Waals surface area contributed by atoms with E-state index in [9.17, 15) is 4.79 Å². The van der Waals surface area contributed by atoms with Gasteiger partial charge >= 0.3 is 0 Å². The van der Waals surface area contributed by atoms with Crippen LogP contribution in [0.15, 0.2) is 24.3 Å². The first-order valence-corrected chi connectivity index (χ1v) is 8.06. The number of hydrogen-bond donors (Lipinski definition) is 0. The van der Waals surface area contributed by atoms with Gasteiger partial charge in [0, 0.05) is 16.9 Å². The molecule has 19 heavy (non-hydrogen) atoms. The highest BCUT2D eigenvalue weighted by molar-refractivity contribution is 9.09. The maximum Gasteiger partial charge on any atom is 0.227 e. The van der Waals surface area contributed by atoms with Crippen molar-refractivity contribution in [1.29, 1.82) is 0 Å². The molecule has 3 rings (SSSR count). The number of carbonyl (C=O) groups is 1. The fraction of sp³-hybridized carbons (Fsp3) is 0.562. The van der Waals surface area contributed by atoms with E-state index >= 15 is 0 Å². The smallest absolute Gasteiger partial charge is 0.227 e. The summed E-state index contributed by atoms with van der Waals surface area (Å²) >= 11 is 3.72. The lowest BCUT2D eigenvalue weighted by Gasteiger charge is -2.37. The Morgan fingerprint density at radius 3 is 2.63 bits per heavy atom. The second-order valence-corrected chi connectivity index (χ2v) is 7.22. The third kappa shape index (κ3) is 2.71. The molecule has 1 aromatic carbocycles. The summed E-state index contributed by atoms with van der Waals surface area (Å²) in [5, 5.41) is 0. The molecule has 2 aliphatic heterocycles. The molecule has 0 spiro atoms. The van der Waals surface area contributed by atoms with Crippen LogP contribution in [0.5, 0.6) is 0 Å². The summed E-state index contributed by atoms with van der Waals surface area (Å²) in [5.41, 5.74) is 2.37. The number of hydrogen-bond acceptors (Lipinski definition) is 1. The van der Waals surface area contributed by atoms with Gasteiger partial charge in [0.25, 0.3) is 0 Å². The molecule has 0 aliphatic carbocycles. The third-order valence-corrected chi connectivity index (χ3v) is 5.15. The predicted molar refractivity (Wildman–Crippen MR) is 80.5 cm³/mol. The molecule has 0 aromatic heterocycles. The lowest BCUT2D eigenvalue weighted by molar-refractivity contribution is -0.134. The second-order valence-electron chi connectivity index (χ2n) is 5.92. The van der Waals surface area contributed by atoms with Crippen LogP contribution in [0.3, 0.4) is 0 Å². The topological polar surface area (TPSA) is 20.3 Å². The van der Waals surface area contributed by atoms with E-state index < -0.39 is 0 Å². The van der Waals surface area contributed by atoms with Crippen LogP contribution in [-0.2, 0) is 11.2 Å². The van der Waals surface area contributed by atoms with Gasteiger partial charge in [-0.25, -0.2) is 0 Å². The molecule has 0 saturated carbocycles. The van der Waals surface area contributed by atoms with Crippen LogP contribution >= 0.6 is 15.9 Å². The van der Waals surface area contributed by atoms with Crippen molar-refractivity contribution in [2.75, 3.05) is 0 Å². The summed E-state index contributed by atoms with van der Waals surface area (Å²) in [4.78, 5) is 15.3. The van der Waals surface area contributed by atoms with Gasteiger partial charge in [-0.1, -0.05) is 45.8 Å². The first-order chi connectivity index (χ1) is 9.13. The van der Waals surface area contributed by atoms with Gasteiger partial charge in [-0.3, -0.25) is 4.79 Å². The van der Waals surface area contributed by atoms with Gasteiger partial charge in [-0.2, -0.15) is 0 Å². The largest absolute Gasteiger partial charge is 0.336 e. The Kier molecular flexibility index (Phi) is 3.66. The predicted octanol–water partition coefficient (Wildman–Crippen LogP) is 3.45. The van der Waals surface area contributed by atoms with E-state index in [-0.39, 0.29) is 0 Å². The summed E-state index contributed by atoms with van der Waals surface area (Å²) in [7, 11) is 0. The SMILES string of the molecule is Cc1cccc(CC(=O)N2C3CCC2CC(Br)C3)c1. The summed E-state index contributed by atoms with van der Waals surface area (Å²) in [6.07, 6.45) is 5.17. The van der Waals surface area contributed by atoms with Crippen LogP contribution in [0, 0.1) is 6.92 Å². The average Bonchev–Trinajstić information content (AvgIpc) is 2.62.